The van der Waals surface area contributed by atoms with Crippen molar-refractivity contribution in [3.8, 4) is 0 Å². The van der Waals surface area contributed by atoms with Crippen LogP contribution in [0.25, 0.3) is 0 Å². The number of amides is 1. The van der Waals surface area contributed by atoms with Gasteiger partial charge in [0.1, 0.15) is 5.37 Å². The summed E-state index contributed by atoms with van der Waals surface area (Å²) in [5.41, 5.74) is 5.77. The van der Waals surface area contributed by atoms with Crippen molar-refractivity contribution in [1.82, 2.24) is 10.2 Å². The van der Waals surface area contributed by atoms with E-state index in [0.29, 0.717) is 18.8 Å². The van der Waals surface area contributed by atoms with E-state index in [4.69, 9.17) is 5.73 Å². The molecule has 20 heavy (non-hydrogen) atoms. The van der Waals surface area contributed by atoms with Gasteiger partial charge in [0.05, 0.1) is 0 Å². The summed E-state index contributed by atoms with van der Waals surface area (Å²) in [6.45, 7) is 5.04. The van der Waals surface area contributed by atoms with Gasteiger partial charge in [0.2, 0.25) is 5.91 Å². The monoisotopic (exact) mass is 323 g/mol. The Hall–Kier alpha value is -0.310. The van der Waals surface area contributed by atoms with Gasteiger partial charge in [-0.3, -0.25) is 9.69 Å². The van der Waals surface area contributed by atoms with Crippen LogP contribution in [0, 0.1) is 0 Å². The Morgan fingerprint density at radius 2 is 2.20 bits per heavy atom. The third-order valence-corrected chi connectivity index (χ3v) is 6.78. The Bertz CT molecular complexity index is 414. The van der Waals surface area contributed by atoms with Crippen LogP contribution in [-0.2, 0) is 14.6 Å². The molecule has 1 aliphatic rings. The van der Waals surface area contributed by atoms with Gasteiger partial charge >= 0.3 is 0 Å². The summed E-state index contributed by atoms with van der Waals surface area (Å²) in [7, 11) is -3.16. The predicted molar refractivity (Wildman–Crippen MR) is 83.4 cm³/mol. The molecular weight excluding hydrogens is 298 g/mol. The summed E-state index contributed by atoms with van der Waals surface area (Å²) >= 11 is 1.64. The number of nitrogens with two attached hydrogens (primary N) is 1. The first-order valence-corrected chi connectivity index (χ1v) is 9.85. The summed E-state index contributed by atoms with van der Waals surface area (Å²) in [4.78, 5) is 13.6. The van der Waals surface area contributed by atoms with Crippen LogP contribution in [0.3, 0.4) is 0 Å². The van der Waals surface area contributed by atoms with Gasteiger partial charge in [0.15, 0.2) is 9.84 Å². The van der Waals surface area contributed by atoms with Crippen LogP contribution in [0.1, 0.15) is 20.3 Å². The highest BCUT2D eigenvalue weighted by Crippen LogP contribution is 2.24. The Labute approximate surface area is 125 Å². The van der Waals surface area contributed by atoms with Crippen LogP contribution in [0.15, 0.2) is 0 Å². The second kappa shape index (κ2) is 8.21. The summed E-state index contributed by atoms with van der Waals surface area (Å²) in [5.74, 6) is 1.48. The molecule has 2 unspecified atom stereocenters. The molecule has 1 amide bonds. The molecule has 8 heteroatoms. The molecule has 3 N–H and O–H groups in total. The Morgan fingerprint density at radius 3 is 2.75 bits per heavy atom. The molecule has 6 nitrogen and oxygen atoms in total. The van der Waals surface area contributed by atoms with E-state index in [1.807, 2.05) is 11.8 Å². The molecule has 0 bridgehead atoms. The zero-order valence-electron chi connectivity index (χ0n) is 12.2. The number of thioether (sulfide) groups is 1. The zero-order chi connectivity index (χ0) is 15.2. The fraction of sp³-hybridized carbons (Fsp3) is 0.917. The summed E-state index contributed by atoms with van der Waals surface area (Å²) < 4.78 is 24.4. The van der Waals surface area contributed by atoms with Crippen LogP contribution in [-0.4, -0.2) is 67.5 Å². The van der Waals surface area contributed by atoms with E-state index in [-0.39, 0.29) is 30.7 Å². The van der Waals surface area contributed by atoms with Crippen molar-refractivity contribution in [3.63, 3.8) is 0 Å². The van der Waals surface area contributed by atoms with Gasteiger partial charge in [-0.25, -0.2) is 8.42 Å². The van der Waals surface area contributed by atoms with Crippen molar-refractivity contribution in [2.45, 2.75) is 31.7 Å². The van der Waals surface area contributed by atoms with Crippen LogP contribution in [0.5, 0.6) is 0 Å². The third kappa shape index (κ3) is 4.61. The van der Waals surface area contributed by atoms with Gasteiger partial charge in [-0.2, -0.15) is 11.8 Å². The van der Waals surface area contributed by atoms with Crippen molar-refractivity contribution in [3.05, 3.63) is 0 Å². The molecular formula is C12H25N3O3S2. The van der Waals surface area contributed by atoms with E-state index in [1.54, 1.807) is 18.7 Å². The van der Waals surface area contributed by atoms with Gasteiger partial charge < -0.3 is 11.1 Å². The lowest BCUT2D eigenvalue weighted by molar-refractivity contribution is -0.122. The largest absolute Gasteiger partial charge is 0.356 e. The van der Waals surface area contributed by atoms with Gasteiger partial charge in [0, 0.05) is 49.4 Å². The van der Waals surface area contributed by atoms with E-state index in [9.17, 15) is 13.2 Å². The summed E-state index contributed by atoms with van der Waals surface area (Å²) in [6.07, 6.45) is 0.255. The molecule has 1 heterocycles. The summed E-state index contributed by atoms with van der Waals surface area (Å²) in [5, 5.41) is 2.22. The predicted octanol–water partition coefficient (Wildman–Crippen LogP) is -0.350. The normalized spacial score (nSPS) is 22.4. The first-order chi connectivity index (χ1) is 9.46. The minimum absolute atomic E-state index is 0.0752. The van der Waals surface area contributed by atoms with Gasteiger partial charge in [-0.1, -0.05) is 6.92 Å². The standard InChI is InChI=1S/C12H25N3O3S2/c1-3-14-11(16)7-10(8-13)15-5-6-19-9-12(15)20(17,18)4-2/h10,12H,3-9,13H2,1-2H3,(H,14,16). The molecule has 2 atom stereocenters. The number of carbonyl (C=O) groups is 1. The molecule has 118 valence electrons. The molecule has 1 saturated heterocycles. The van der Waals surface area contributed by atoms with Crippen molar-refractivity contribution in [2.24, 2.45) is 5.73 Å². The molecule has 0 aromatic heterocycles. The molecule has 0 saturated carbocycles. The van der Waals surface area contributed by atoms with Crippen molar-refractivity contribution < 1.29 is 13.2 Å². The quantitative estimate of drug-likeness (QED) is 0.665. The van der Waals surface area contributed by atoms with Gasteiger partial charge in [-0.05, 0) is 6.92 Å². The van der Waals surface area contributed by atoms with Gasteiger partial charge in [0.25, 0.3) is 0 Å². The molecule has 0 radical (unpaired) electrons. The molecule has 1 fully saturated rings. The van der Waals surface area contributed by atoms with Crippen LogP contribution < -0.4 is 11.1 Å². The van der Waals surface area contributed by atoms with Crippen molar-refractivity contribution in [1.29, 1.82) is 0 Å². The van der Waals surface area contributed by atoms with Crippen LogP contribution in [0.4, 0.5) is 0 Å². The molecule has 0 aromatic carbocycles. The SMILES string of the molecule is CCNC(=O)CC(CN)N1CCSCC1S(=O)(=O)CC. The number of carbonyl (C=O) groups excluding carboxylic acids is 1. The number of hydrogen-bond acceptors (Lipinski definition) is 6. The van der Waals surface area contributed by atoms with E-state index in [1.165, 1.54) is 0 Å². The maximum atomic E-state index is 12.2. The second-order valence-electron chi connectivity index (χ2n) is 4.77. The lowest BCUT2D eigenvalue weighted by Gasteiger charge is -2.39. The highest BCUT2D eigenvalue weighted by atomic mass is 32.2. The van der Waals surface area contributed by atoms with Gasteiger partial charge in [-0.15, -0.1) is 0 Å². The number of nitrogens with zero attached hydrogens (tertiary/aromatic N) is 1. The first kappa shape index (κ1) is 17.7. The number of nitrogens with one attached hydrogen (secondary N) is 1. The smallest absolute Gasteiger partial charge is 0.221 e. The Balaban J connectivity index is 2.84. The average molecular weight is 323 g/mol. The fourth-order valence-corrected chi connectivity index (χ4v) is 5.43. The highest BCUT2D eigenvalue weighted by molar-refractivity contribution is 8.01. The van der Waals surface area contributed by atoms with E-state index in [0.717, 1.165) is 5.75 Å². The molecule has 1 aliphatic heterocycles. The fourth-order valence-electron chi connectivity index (χ4n) is 2.33. The van der Waals surface area contributed by atoms with Crippen molar-refractivity contribution >= 4 is 27.5 Å². The molecule has 0 aromatic rings. The molecule has 1 rings (SSSR count). The Morgan fingerprint density at radius 1 is 1.50 bits per heavy atom. The Kier molecular flexibility index (Phi) is 7.28. The third-order valence-electron chi connectivity index (χ3n) is 3.48. The number of rotatable bonds is 7. The lowest BCUT2D eigenvalue weighted by Crippen LogP contribution is -2.55. The second-order valence-corrected chi connectivity index (χ2v) is 8.36. The van der Waals surface area contributed by atoms with E-state index < -0.39 is 15.2 Å². The minimum Gasteiger partial charge on any atom is -0.356 e. The lowest BCUT2D eigenvalue weighted by atomic mass is 10.1. The highest BCUT2D eigenvalue weighted by Gasteiger charge is 2.36. The van der Waals surface area contributed by atoms with Crippen LogP contribution in [0.2, 0.25) is 0 Å². The van der Waals surface area contributed by atoms with Crippen molar-refractivity contribution in [2.75, 3.05) is 36.9 Å². The number of sulfone groups is 1. The van der Waals surface area contributed by atoms with E-state index >= 15 is 0 Å². The summed E-state index contributed by atoms with van der Waals surface area (Å²) in [6, 6.07) is -0.214. The first-order valence-electron chi connectivity index (χ1n) is 6.98. The topological polar surface area (TPSA) is 92.5 Å². The molecule has 0 spiro atoms. The number of hydrogen-bond donors (Lipinski definition) is 2. The maximum Gasteiger partial charge on any atom is 0.221 e. The maximum absolute atomic E-state index is 12.2. The molecule has 0 aliphatic carbocycles. The van der Waals surface area contributed by atoms with E-state index in [2.05, 4.69) is 5.32 Å². The van der Waals surface area contributed by atoms with Crippen LogP contribution >= 0.6 is 11.8 Å². The average Bonchev–Trinajstić information content (AvgIpc) is 2.45. The minimum atomic E-state index is -3.16. The zero-order valence-corrected chi connectivity index (χ0v) is 13.8.